The number of anilines is 3. The molecule has 1 fully saturated rings. The standard InChI is InChI=1S/C22H29N3O/c1-22(2,3)17-9-7-16(8-10-17)21(26)24-19-15-18(23)11-12-20(19)25-13-5-4-6-14-25/h7-12,15H,4-6,13-14,23H2,1-3H3,(H,24,26). The van der Waals surface area contributed by atoms with Crippen molar-refractivity contribution in [3.05, 3.63) is 53.6 Å². The zero-order valence-corrected chi connectivity index (χ0v) is 16.0. The molecule has 4 heteroatoms. The number of carbonyl (C=O) groups excluding carboxylic acids is 1. The van der Waals surface area contributed by atoms with Gasteiger partial charge < -0.3 is 16.0 Å². The molecule has 26 heavy (non-hydrogen) atoms. The molecule has 0 unspecified atom stereocenters. The Balaban J connectivity index is 1.81. The van der Waals surface area contributed by atoms with Crippen LogP contribution in [-0.4, -0.2) is 19.0 Å². The Bertz CT molecular complexity index is 769. The summed E-state index contributed by atoms with van der Waals surface area (Å²) in [6, 6.07) is 13.6. The highest BCUT2D eigenvalue weighted by Gasteiger charge is 2.18. The van der Waals surface area contributed by atoms with E-state index in [0.717, 1.165) is 24.5 Å². The SMILES string of the molecule is CC(C)(C)c1ccc(C(=O)Nc2cc(N)ccc2N2CCCCC2)cc1. The number of carbonyl (C=O) groups is 1. The first-order valence-corrected chi connectivity index (χ1v) is 9.41. The Morgan fingerprint density at radius 1 is 1.00 bits per heavy atom. The van der Waals surface area contributed by atoms with Gasteiger partial charge in [0.25, 0.3) is 5.91 Å². The average molecular weight is 351 g/mol. The minimum absolute atomic E-state index is 0.0737. The van der Waals surface area contributed by atoms with Crippen LogP contribution in [0.3, 0.4) is 0 Å². The fourth-order valence-electron chi connectivity index (χ4n) is 3.38. The summed E-state index contributed by atoms with van der Waals surface area (Å²) in [5.74, 6) is -0.102. The highest BCUT2D eigenvalue weighted by atomic mass is 16.1. The molecule has 2 aromatic rings. The monoisotopic (exact) mass is 351 g/mol. The summed E-state index contributed by atoms with van der Waals surface area (Å²) in [7, 11) is 0. The number of nitrogens with two attached hydrogens (primary N) is 1. The van der Waals surface area contributed by atoms with Crippen LogP contribution in [0.4, 0.5) is 17.1 Å². The molecule has 3 rings (SSSR count). The highest BCUT2D eigenvalue weighted by Crippen LogP contribution is 2.31. The molecule has 0 bridgehead atoms. The number of hydrogen-bond acceptors (Lipinski definition) is 3. The van der Waals surface area contributed by atoms with Gasteiger partial charge in [0, 0.05) is 24.3 Å². The first-order chi connectivity index (χ1) is 12.3. The Morgan fingerprint density at radius 2 is 1.65 bits per heavy atom. The Hall–Kier alpha value is -2.49. The number of nitrogens with one attached hydrogen (secondary N) is 1. The molecule has 4 nitrogen and oxygen atoms in total. The predicted molar refractivity (Wildman–Crippen MR) is 110 cm³/mol. The third-order valence-corrected chi connectivity index (χ3v) is 4.98. The molecule has 0 atom stereocenters. The third-order valence-electron chi connectivity index (χ3n) is 4.98. The third kappa shape index (κ3) is 4.18. The second-order valence-electron chi connectivity index (χ2n) is 8.11. The molecular formula is C22H29N3O. The van der Waals surface area contributed by atoms with Crippen LogP contribution < -0.4 is 16.0 Å². The van der Waals surface area contributed by atoms with Crippen molar-refractivity contribution in [2.45, 2.75) is 45.4 Å². The molecule has 138 valence electrons. The highest BCUT2D eigenvalue weighted by molar-refractivity contribution is 6.06. The normalized spacial score (nSPS) is 15.0. The Labute approximate surface area is 156 Å². The molecule has 0 aromatic heterocycles. The van der Waals surface area contributed by atoms with Gasteiger partial charge in [-0.25, -0.2) is 0 Å². The first kappa shape index (κ1) is 18.3. The molecule has 0 aliphatic carbocycles. The fourth-order valence-corrected chi connectivity index (χ4v) is 3.38. The molecule has 0 spiro atoms. The number of hydrogen-bond donors (Lipinski definition) is 2. The van der Waals surface area contributed by atoms with Crippen molar-refractivity contribution in [1.29, 1.82) is 0 Å². The molecule has 1 amide bonds. The van der Waals surface area contributed by atoms with E-state index in [-0.39, 0.29) is 11.3 Å². The van der Waals surface area contributed by atoms with Gasteiger partial charge in [-0.2, -0.15) is 0 Å². The molecule has 2 aromatic carbocycles. The van der Waals surface area contributed by atoms with Gasteiger partial charge in [0.1, 0.15) is 0 Å². The second kappa shape index (κ2) is 7.40. The summed E-state index contributed by atoms with van der Waals surface area (Å²) in [5.41, 5.74) is 10.4. The smallest absolute Gasteiger partial charge is 0.255 e. The van der Waals surface area contributed by atoms with E-state index in [2.05, 4.69) is 31.0 Å². The van der Waals surface area contributed by atoms with Crippen LogP contribution in [-0.2, 0) is 5.41 Å². The molecule has 1 aliphatic rings. The largest absolute Gasteiger partial charge is 0.399 e. The number of benzene rings is 2. The van der Waals surface area contributed by atoms with Crippen LogP contribution in [0.25, 0.3) is 0 Å². The van der Waals surface area contributed by atoms with Crippen LogP contribution in [0.15, 0.2) is 42.5 Å². The van der Waals surface area contributed by atoms with Crippen LogP contribution in [0.2, 0.25) is 0 Å². The van der Waals surface area contributed by atoms with E-state index in [1.54, 1.807) is 0 Å². The topological polar surface area (TPSA) is 58.4 Å². The van der Waals surface area contributed by atoms with Gasteiger partial charge in [-0.1, -0.05) is 32.9 Å². The van der Waals surface area contributed by atoms with Crippen molar-refractivity contribution < 1.29 is 4.79 Å². The van der Waals surface area contributed by atoms with Crippen molar-refractivity contribution in [1.82, 2.24) is 0 Å². The number of amides is 1. The van der Waals surface area contributed by atoms with Crippen LogP contribution >= 0.6 is 0 Å². The maximum absolute atomic E-state index is 12.8. The zero-order valence-electron chi connectivity index (χ0n) is 16.0. The van der Waals surface area contributed by atoms with Crippen LogP contribution in [0.5, 0.6) is 0 Å². The predicted octanol–water partition coefficient (Wildman–Crippen LogP) is 4.81. The number of nitrogen functional groups attached to an aromatic ring is 1. The molecule has 3 N–H and O–H groups in total. The summed E-state index contributed by atoms with van der Waals surface area (Å²) in [6.07, 6.45) is 3.64. The van der Waals surface area contributed by atoms with Gasteiger partial charge in [0.05, 0.1) is 11.4 Å². The maximum Gasteiger partial charge on any atom is 0.255 e. The fraction of sp³-hybridized carbons (Fsp3) is 0.409. The lowest BCUT2D eigenvalue weighted by molar-refractivity contribution is 0.102. The minimum atomic E-state index is -0.102. The quantitative estimate of drug-likeness (QED) is 0.780. The molecular weight excluding hydrogens is 322 g/mol. The van der Waals surface area contributed by atoms with Gasteiger partial charge in [-0.05, 0) is 60.6 Å². The maximum atomic E-state index is 12.8. The van der Waals surface area contributed by atoms with Crippen molar-refractivity contribution in [2.24, 2.45) is 0 Å². The van der Waals surface area contributed by atoms with Crippen molar-refractivity contribution in [3.63, 3.8) is 0 Å². The van der Waals surface area contributed by atoms with E-state index in [4.69, 9.17) is 5.73 Å². The van der Waals surface area contributed by atoms with Gasteiger partial charge >= 0.3 is 0 Å². The Kier molecular flexibility index (Phi) is 5.21. The van der Waals surface area contributed by atoms with Crippen molar-refractivity contribution >= 4 is 23.0 Å². The number of piperidine rings is 1. The second-order valence-corrected chi connectivity index (χ2v) is 8.11. The molecule has 1 heterocycles. The van der Waals surface area contributed by atoms with E-state index < -0.39 is 0 Å². The van der Waals surface area contributed by atoms with Crippen molar-refractivity contribution in [3.8, 4) is 0 Å². The first-order valence-electron chi connectivity index (χ1n) is 9.41. The summed E-state index contributed by atoms with van der Waals surface area (Å²) >= 11 is 0. The van der Waals surface area contributed by atoms with Gasteiger partial charge in [0.2, 0.25) is 0 Å². The lowest BCUT2D eigenvalue weighted by Gasteiger charge is -2.30. The lowest BCUT2D eigenvalue weighted by Crippen LogP contribution is -2.30. The van der Waals surface area contributed by atoms with Crippen LogP contribution in [0.1, 0.15) is 56.0 Å². The lowest BCUT2D eigenvalue weighted by atomic mass is 9.87. The molecule has 1 saturated heterocycles. The van der Waals surface area contributed by atoms with E-state index >= 15 is 0 Å². The van der Waals surface area contributed by atoms with E-state index in [1.165, 1.54) is 24.8 Å². The molecule has 1 aliphatic heterocycles. The van der Waals surface area contributed by atoms with Gasteiger partial charge in [0.15, 0.2) is 0 Å². The number of nitrogens with zero attached hydrogens (tertiary/aromatic N) is 1. The van der Waals surface area contributed by atoms with Gasteiger partial charge in [-0.15, -0.1) is 0 Å². The molecule has 0 saturated carbocycles. The summed E-state index contributed by atoms with van der Waals surface area (Å²) in [6.45, 7) is 8.54. The van der Waals surface area contributed by atoms with E-state index in [9.17, 15) is 4.79 Å². The van der Waals surface area contributed by atoms with E-state index in [1.807, 2.05) is 42.5 Å². The minimum Gasteiger partial charge on any atom is -0.399 e. The Morgan fingerprint density at radius 3 is 2.27 bits per heavy atom. The zero-order chi connectivity index (χ0) is 18.7. The summed E-state index contributed by atoms with van der Waals surface area (Å²) in [4.78, 5) is 15.1. The van der Waals surface area contributed by atoms with Gasteiger partial charge in [-0.3, -0.25) is 4.79 Å². The van der Waals surface area contributed by atoms with Crippen molar-refractivity contribution in [2.75, 3.05) is 29.0 Å². The van der Waals surface area contributed by atoms with E-state index in [0.29, 0.717) is 11.3 Å². The summed E-state index contributed by atoms with van der Waals surface area (Å²) in [5, 5.41) is 3.06. The molecule has 0 radical (unpaired) electrons. The average Bonchev–Trinajstić information content (AvgIpc) is 2.62. The number of rotatable bonds is 3. The summed E-state index contributed by atoms with van der Waals surface area (Å²) < 4.78 is 0. The van der Waals surface area contributed by atoms with Crippen LogP contribution in [0, 0.1) is 0 Å².